The Labute approximate surface area is 120 Å². The maximum absolute atomic E-state index is 3.47. The maximum atomic E-state index is 3.47. The van der Waals surface area contributed by atoms with Gasteiger partial charge < -0.3 is 4.98 Å². The fourth-order valence-corrected chi connectivity index (χ4v) is 1.95. The Kier molecular flexibility index (Phi) is 8.30. The molecule has 1 aromatic heterocycles. The minimum absolute atomic E-state index is 0.562. The number of aromatic nitrogens is 1. The summed E-state index contributed by atoms with van der Waals surface area (Å²) in [5, 5.41) is 1.32. The second kappa shape index (κ2) is 8.85. The molecule has 1 heterocycles. The van der Waals surface area contributed by atoms with Gasteiger partial charge in [0.25, 0.3) is 0 Å². The van der Waals surface area contributed by atoms with E-state index in [1.165, 1.54) is 27.6 Å². The number of nitrogens with one attached hydrogen (secondary N) is 1. The zero-order valence-corrected chi connectivity index (χ0v) is 13.9. The van der Waals surface area contributed by atoms with Crippen LogP contribution < -0.4 is 5.46 Å². The highest BCUT2D eigenvalue weighted by atomic mass is 14.7. The van der Waals surface area contributed by atoms with Crippen LogP contribution in [0.25, 0.3) is 10.9 Å². The second-order valence-electron chi connectivity index (χ2n) is 4.46. The van der Waals surface area contributed by atoms with E-state index in [0.717, 1.165) is 0 Å². The lowest BCUT2D eigenvalue weighted by Gasteiger charge is -2.01. The van der Waals surface area contributed by atoms with Crippen molar-refractivity contribution in [2.75, 3.05) is 0 Å². The molecule has 105 valence electrons. The van der Waals surface area contributed by atoms with E-state index < -0.39 is 0 Å². The maximum Gasteiger partial charge on any atom is 0.148 e. The highest BCUT2D eigenvalue weighted by Gasteiger charge is 2.06. The predicted molar refractivity (Wildman–Crippen MR) is 91.1 cm³/mol. The Morgan fingerprint density at radius 1 is 1.00 bits per heavy atom. The van der Waals surface area contributed by atoms with Crippen LogP contribution in [0.5, 0.6) is 0 Å². The molecule has 2 aromatic rings. The first-order chi connectivity index (χ1) is 9.11. The predicted octanol–water partition coefficient (Wildman–Crippen LogP) is 5.03. The first-order valence-corrected chi connectivity index (χ1v) is 7.54. The Balaban J connectivity index is 0.000000741. The Morgan fingerprint density at radius 2 is 1.58 bits per heavy atom. The van der Waals surface area contributed by atoms with Crippen LogP contribution in [0.1, 0.15) is 58.7 Å². The Morgan fingerprint density at radius 3 is 2.05 bits per heavy atom. The molecule has 0 saturated heterocycles. The molecule has 0 amide bonds. The molecule has 2 rings (SSSR count). The van der Waals surface area contributed by atoms with E-state index in [1.54, 1.807) is 0 Å². The number of benzene rings is 1. The number of H-pyrrole nitrogens is 1. The molecular formula is C17H29BN. The van der Waals surface area contributed by atoms with Crippen LogP contribution in [0.3, 0.4) is 0 Å². The molecule has 0 aliphatic carbocycles. The normalized spacial score (nSPS) is 9.53. The molecule has 0 fully saturated rings. The highest BCUT2D eigenvalue weighted by Crippen LogP contribution is 2.20. The van der Waals surface area contributed by atoms with Crippen molar-refractivity contribution < 1.29 is 0 Å². The molecule has 0 saturated carbocycles. The molecule has 1 aromatic carbocycles. The summed E-state index contributed by atoms with van der Waals surface area (Å²) in [6.07, 6.45) is 0. The van der Waals surface area contributed by atoms with Gasteiger partial charge in [-0.15, -0.1) is 0 Å². The largest absolute Gasteiger partial charge is 0.358 e. The minimum Gasteiger partial charge on any atom is -0.358 e. The van der Waals surface area contributed by atoms with Crippen molar-refractivity contribution in [2.24, 2.45) is 0 Å². The summed E-state index contributed by atoms with van der Waals surface area (Å²) >= 11 is 0. The number of fused-ring (bicyclic) bond motifs is 1. The van der Waals surface area contributed by atoms with E-state index in [-0.39, 0.29) is 0 Å². The van der Waals surface area contributed by atoms with Crippen molar-refractivity contribution >= 4 is 23.6 Å². The molecule has 1 nitrogen and oxygen atoms in total. The first-order valence-electron chi connectivity index (χ1n) is 7.54. The van der Waals surface area contributed by atoms with Crippen molar-refractivity contribution in [3.05, 3.63) is 29.5 Å². The van der Waals surface area contributed by atoms with Gasteiger partial charge in [-0.1, -0.05) is 65.5 Å². The van der Waals surface area contributed by atoms with Crippen LogP contribution in [0.2, 0.25) is 6.82 Å². The lowest BCUT2D eigenvalue weighted by molar-refractivity contribution is 0.836. The molecule has 0 unspecified atom stereocenters. The van der Waals surface area contributed by atoms with E-state index in [9.17, 15) is 0 Å². The van der Waals surface area contributed by atoms with Gasteiger partial charge in [0.15, 0.2) is 0 Å². The number of aromatic amines is 1. The van der Waals surface area contributed by atoms with Gasteiger partial charge in [-0.05, 0) is 30.4 Å². The second-order valence-corrected chi connectivity index (χ2v) is 4.46. The van der Waals surface area contributed by atoms with Crippen LogP contribution in [0.4, 0.5) is 0 Å². The van der Waals surface area contributed by atoms with Gasteiger partial charge >= 0.3 is 0 Å². The van der Waals surface area contributed by atoms with Gasteiger partial charge in [0.05, 0.1) is 0 Å². The molecule has 0 atom stereocenters. The van der Waals surface area contributed by atoms with Gasteiger partial charge in [-0.3, -0.25) is 0 Å². The van der Waals surface area contributed by atoms with Gasteiger partial charge in [-0.2, -0.15) is 0 Å². The number of hydrogen-bond acceptors (Lipinski definition) is 0. The lowest BCUT2D eigenvalue weighted by atomic mass is 9.71. The van der Waals surface area contributed by atoms with Crippen molar-refractivity contribution in [3.63, 3.8) is 0 Å². The van der Waals surface area contributed by atoms with Crippen LogP contribution in [-0.2, 0) is 0 Å². The van der Waals surface area contributed by atoms with Gasteiger partial charge in [-0.25, -0.2) is 0 Å². The van der Waals surface area contributed by atoms with E-state index in [0.29, 0.717) is 5.92 Å². The van der Waals surface area contributed by atoms with E-state index >= 15 is 0 Å². The molecule has 0 spiro atoms. The average Bonchev–Trinajstić information content (AvgIpc) is 2.85. The molecule has 2 heteroatoms. The lowest BCUT2D eigenvalue weighted by Crippen LogP contribution is -2.13. The molecule has 19 heavy (non-hydrogen) atoms. The summed E-state index contributed by atoms with van der Waals surface area (Å²) in [6.45, 7) is 16.7. The molecule has 1 N–H and O–H groups in total. The highest BCUT2D eigenvalue weighted by molar-refractivity contribution is 6.53. The van der Waals surface area contributed by atoms with Crippen LogP contribution >= 0.6 is 0 Å². The first kappa shape index (κ1) is 17.8. The monoisotopic (exact) mass is 258 g/mol. The van der Waals surface area contributed by atoms with Crippen LogP contribution in [0.15, 0.2) is 18.2 Å². The summed E-state index contributed by atoms with van der Waals surface area (Å²) in [7, 11) is 2.16. The van der Waals surface area contributed by atoms with Crippen molar-refractivity contribution in [2.45, 2.75) is 61.2 Å². The zero-order chi connectivity index (χ0) is 15.0. The third kappa shape index (κ3) is 4.45. The molecule has 0 bridgehead atoms. The summed E-state index contributed by atoms with van der Waals surface area (Å²) in [5.74, 6) is 0.562. The standard InChI is InChI=1S/C13H17BN.2C2H6/c1-8(2)12-7-10-6-11(14-4)9(3)5-13(10)15-12;2*1-2/h5-8,15H,1-4H3;2*1-2H3. The van der Waals surface area contributed by atoms with Gasteiger partial charge in [0.1, 0.15) is 7.28 Å². The SMILES string of the molecule is CC.CC.C[B]c1cc2cc(C(C)C)[nH]c2cc1C. The van der Waals surface area contributed by atoms with E-state index in [1.807, 2.05) is 27.7 Å². The van der Waals surface area contributed by atoms with Gasteiger partial charge in [0, 0.05) is 11.2 Å². The third-order valence-corrected chi connectivity index (χ3v) is 2.96. The van der Waals surface area contributed by atoms with E-state index in [2.05, 4.69) is 58.1 Å². The molecule has 0 aliphatic rings. The van der Waals surface area contributed by atoms with Crippen molar-refractivity contribution in [1.29, 1.82) is 0 Å². The fourth-order valence-electron chi connectivity index (χ4n) is 1.95. The Hall–Kier alpha value is -1.18. The van der Waals surface area contributed by atoms with Gasteiger partial charge in [0.2, 0.25) is 0 Å². The number of aryl methyl sites for hydroxylation is 1. The average molecular weight is 258 g/mol. The summed E-state index contributed by atoms with van der Waals surface area (Å²) in [6, 6.07) is 6.75. The smallest absolute Gasteiger partial charge is 0.148 e. The van der Waals surface area contributed by atoms with Crippen molar-refractivity contribution in [3.8, 4) is 0 Å². The number of rotatable bonds is 2. The zero-order valence-electron chi connectivity index (χ0n) is 13.9. The molecule has 0 aliphatic heterocycles. The fraction of sp³-hybridized carbons (Fsp3) is 0.529. The molecular weight excluding hydrogens is 229 g/mol. The van der Waals surface area contributed by atoms with E-state index in [4.69, 9.17) is 0 Å². The summed E-state index contributed by atoms with van der Waals surface area (Å²) in [5.41, 5.74) is 5.23. The summed E-state index contributed by atoms with van der Waals surface area (Å²) in [4.78, 5) is 3.47. The Bertz CT molecular complexity index is 483. The third-order valence-electron chi connectivity index (χ3n) is 2.96. The van der Waals surface area contributed by atoms with Crippen molar-refractivity contribution in [1.82, 2.24) is 4.98 Å². The van der Waals surface area contributed by atoms with Crippen LogP contribution in [-0.4, -0.2) is 12.3 Å². The quantitative estimate of drug-likeness (QED) is 0.727. The topological polar surface area (TPSA) is 15.8 Å². The minimum atomic E-state index is 0.562. The number of hydrogen-bond donors (Lipinski definition) is 1. The summed E-state index contributed by atoms with van der Waals surface area (Å²) < 4.78 is 0. The molecule has 1 radical (unpaired) electrons. The van der Waals surface area contributed by atoms with Crippen LogP contribution in [0, 0.1) is 6.92 Å².